The van der Waals surface area contributed by atoms with E-state index in [9.17, 15) is 0 Å². The fourth-order valence-corrected chi connectivity index (χ4v) is 23.6. The predicted octanol–water partition coefficient (Wildman–Crippen LogP) is 2.49. The summed E-state index contributed by atoms with van der Waals surface area (Å²) in [5, 5.41) is 0. The number of hydrogen-bond donors (Lipinski definition) is 0. The fourth-order valence-electron chi connectivity index (χ4n) is 2.45. The summed E-state index contributed by atoms with van der Waals surface area (Å²) in [5.41, 5.74) is 0. The Bertz CT molecular complexity index is 207. The van der Waals surface area contributed by atoms with Gasteiger partial charge in [-0.2, -0.15) is 0 Å². The van der Waals surface area contributed by atoms with E-state index in [2.05, 4.69) is 52.4 Å². The van der Waals surface area contributed by atoms with Crippen LogP contribution in [0.15, 0.2) is 0 Å². The predicted molar refractivity (Wildman–Crippen MR) is 80.0 cm³/mol. The van der Waals surface area contributed by atoms with Crippen molar-refractivity contribution in [2.75, 3.05) is 0 Å². The van der Waals surface area contributed by atoms with Crippen LogP contribution in [-0.4, -0.2) is 45.2 Å². The molecule has 1 saturated heterocycles. The SMILES string of the molecule is C[Si]1(C)O[Si](C)(C)O[Si](C)(C)O[Si](C)(C)O1.[Si]. The zero-order valence-corrected chi connectivity index (χ0v) is 17.1. The van der Waals surface area contributed by atoms with Crippen LogP contribution in [0.2, 0.25) is 52.4 Å². The van der Waals surface area contributed by atoms with Crippen molar-refractivity contribution >= 4 is 45.2 Å². The molecule has 0 unspecified atom stereocenters. The van der Waals surface area contributed by atoms with Gasteiger partial charge in [0.1, 0.15) is 0 Å². The van der Waals surface area contributed by atoms with Crippen molar-refractivity contribution in [3.05, 3.63) is 0 Å². The van der Waals surface area contributed by atoms with Crippen LogP contribution < -0.4 is 0 Å². The van der Waals surface area contributed by atoms with E-state index in [-0.39, 0.29) is 11.0 Å². The van der Waals surface area contributed by atoms with Crippen LogP contribution in [0.4, 0.5) is 0 Å². The first-order chi connectivity index (χ1) is 6.83. The van der Waals surface area contributed by atoms with Gasteiger partial charge >= 0.3 is 34.2 Å². The van der Waals surface area contributed by atoms with Crippen molar-refractivity contribution in [1.82, 2.24) is 0 Å². The third-order valence-electron chi connectivity index (χ3n) is 1.97. The monoisotopic (exact) mass is 324 g/mol. The van der Waals surface area contributed by atoms with E-state index < -0.39 is 34.2 Å². The van der Waals surface area contributed by atoms with E-state index in [0.29, 0.717) is 0 Å². The van der Waals surface area contributed by atoms with Gasteiger partial charge in [-0.25, -0.2) is 0 Å². The van der Waals surface area contributed by atoms with Gasteiger partial charge in [0.15, 0.2) is 0 Å². The molecule has 0 aromatic heterocycles. The first kappa shape index (κ1) is 17.9. The molecule has 4 nitrogen and oxygen atoms in total. The van der Waals surface area contributed by atoms with Crippen LogP contribution in [0, 0.1) is 0 Å². The first-order valence-corrected chi connectivity index (χ1v) is 16.9. The summed E-state index contributed by atoms with van der Waals surface area (Å²) < 4.78 is 24.6. The topological polar surface area (TPSA) is 36.9 Å². The van der Waals surface area contributed by atoms with Gasteiger partial charge < -0.3 is 16.5 Å². The molecule has 0 amide bonds. The van der Waals surface area contributed by atoms with E-state index in [1.807, 2.05) is 0 Å². The molecule has 4 radical (unpaired) electrons. The van der Waals surface area contributed by atoms with Gasteiger partial charge in [-0.15, -0.1) is 0 Å². The van der Waals surface area contributed by atoms with E-state index in [1.165, 1.54) is 0 Å². The van der Waals surface area contributed by atoms with E-state index >= 15 is 0 Å². The maximum absolute atomic E-state index is 6.16. The minimum Gasteiger partial charge on any atom is -0.416 e. The zero-order chi connectivity index (χ0) is 12.8. The van der Waals surface area contributed by atoms with Crippen LogP contribution in [-0.2, 0) is 16.5 Å². The molecule has 0 aromatic carbocycles. The molecule has 17 heavy (non-hydrogen) atoms. The molecule has 1 aliphatic heterocycles. The highest BCUT2D eigenvalue weighted by atomic mass is 28.5. The summed E-state index contributed by atoms with van der Waals surface area (Å²) in [6.45, 7) is 16.6. The Balaban J connectivity index is 0.00000256. The minimum absolute atomic E-state index is 0. The minimum atomic E-state index is -2.11. The standard InChI is InChI=1S/C8H24O4Si4.Si/c1-13(2)9-14(3,4)11-16(7,8)12-15(5,6)10-13;/h1-8H3;. The third kappa shape index (κ3) is 6.07. The Morgan fingerprint density at radius 3 is 0.647 bits per heavy atom. The van der Waals surface area contributed by atoms with Crippen LogP contribution in [0.1, 0.15) is 0 Å². The second-order valence-corrected chi connectivity index (χ2v) is 20.5. The molecule has 0 bridgehead atoms. The molecule has 1 rings (SSSR count). The average Bonchev–Trinajstić information content (AvgIpc) is 1.67. The van der Waals surface area contributed by atoms with Gasteiger partial charge in [-0.3, -0.25) is 0 Å². The molecule has 0 saturated carbocycles. The van der Waals surface area contributed by atoms with E-state index in [4.69, 9.17) is 16.5 Å². The molecular formula is C8H24O4Si5. The van der Waals surface area contributed by atoms with Crippen molar-refractivity contribution in [2.24, 2.45) is 0 Å². The molecule has 1 aliphatic rings. The van der Waals surface area contributed by atoms with Gasteiger partial charge in [0, 0.05) is 11.0 Å². The number of rotatable bonds is 0. The maximum Gasteiger partial charge on any atom is 0.314 e. The van der Waals surface area contributed by atoms with Crippen molar-refractivity contribution < 1.29 is 16.5 Å². The average molecular weight is 325 g/mol. The highest BCUT2D eigenvalue weighted by Crippen LogP contribution is 2.30. The van der Waals surface area contributed by atoms with Crippen LogP contribution >= 0.6 is 0 Å². The second-order valence-electron chi connectivity index (χ2n) is 6.01. The lowest BCUT2D eigenvalue weighted by Crippen LogP contribution is -2.64. The lowest BCUT2D eigenvalue weighted by atomic mass is 11.9. The largest absolute Gasteiger partial charge is 0.416 e. The van der Waals surface area contributed by atoms with Crippen molar-refractivity contribution in [3.8, 4) is 0 Å². The lowest BCUT2D eigenvalue weighted by molar-refractivity contribution is 0.238. The Labute approximate surface area is 114 Å². The second kappa shape index (κ2) is 5.13. The molecular weight excluding hydrogens is 301 g/mol. The van der Waals surface area contributed by atoms with E-state index in [1.54, 1.807) is 0 Å². The molecule has 0 N–H and O–H groups in total. The van der Waals surface area contributed by atoms with Gasteiger partial charge in [0.25, 0.3) is 0 Å². The van der Waals surface area contributed by atoms with Crippen LogP contribution in [0.5, 0.6) is 0 Å². The zero-order valence-electron chi connectivity index (χ0n) is 12.1. The Hall–Kier alpha value is 0.924. The van der Waals surface area contributed by atoms with Gasteiger partial charge in [0.05, 0.1) is 0 Å². The van der Waals surface area contributed by atoms with Gasteiger partial charge in [-0.1, -0.05) is 0 Å². The van der Waals surface area contributed by atoms with E-state index in [0.717, 1.165) is 0 Å². The molecule has 0 spiro atoms. The summed E-state index contributed by atoms with van der Waals surface area (Å²) in [6.07, 6.45) is 0. The maximum atomic E-state index is 6.16. The van der Waals surface area contributed by atoms with Crippen LogP contribution in [0.3, 0.4) is 0 Å². The summed E-state index contributed by atoms with van der Waals surface area (Å²) in [7, 11) is -8.44. The molecule has 100 valence electrons. The Morgan fingerprint density at radius 1 is 0.412 bits per heavy atom. The Kier molecular flexibility index (Phi) is 5.41. The summed E-state index contributed by atoms with van der Waals surface area (Å²) in [5.74, 6) is 0. The first-order valence-electron chi connectivity index (χ1n) is 5.63. The smallest absolute Gasteiger partial charge is 0.314 e. The third-order valence-corrected chi connectivity index (χ3v) is 17.7. The molecule has 0 aliphatic carbocycles. The lowest BCUT2D eigenvalue weighted by Gasteiger charge is -2.46. The van der Waals surface area contributed by atoms with Crippen molar-refractivity contribution in [2.45, 2.75) is 52.4 Å². The Morgan fingerprint density at radius 2 is 0.529 bits per heavy atom. The molecule has 0 aromatic rings. The van der Waals surface area contributed by atoms with Crippen LogP contribution in [0.25, 0.3) is 0 Å². The highest BCUT2D eigenvalue weighted by Gasteiger charge is 2.50. The highest BCUT2D eigenvalue weighted by molar-refractivity contribution is 6.92. The van der Waals surface area contributed by atoms with Crippen molar-refractivity contribution in [1.29, 1.82) is 0 Å². The van der Waals surface area contributed by atoms with Gasteiger partial charge in [0.2, 0.25) is 0 Å². The number of hydrogen-bond acceptors (Lipinski definition) is 4. The molecule has 9 heteroatoms. The van der Waals surface area contributed by atoms with Gasteiger partial charge in [-0.05, 0) is 52.4 Å². The summed E-state index contributed by atoms with van der Waals surface area (Å²) >= 11 is 0. The molecule has 0 atom stereocenters. The molecule has 1 heterocycles. The quantitative estimate of drug-likeness (QED) is 0.642. The molecule has 1 fully saturated rings. The summed E-state index contributed by atoms with van der Waals surface area (Å²) in [6, 6.07) is 0. The summed E-state index contributed by atoms with van der Waals surface area (Å²) in [4.78, 5) is 0. The fraction of sp³-hybridized carbons (Fsp3) is 1.00. The normalized spacial score (nSPS) is 29.6. The van der Waals surface area contributed by atoms with Crippen molar-refractivity contribution in [3.63, 3.8) is 0 Å².